The molecule has 180 valence electrons. The molecule has 2 heterocycles. The molecule has 0 atom stereocenters. The van der Waals surface area contributed by atoms with Gasteiger partial charge in [0.05, 0.1) is 36.7 Å². The van der Waals surface area contributed by atoms with Gasteiger partial charge in [0.25, 0.3) is 0 Å². The molecule has 0 saturated carbocycles. The van der Waals surface area contributed by atoms with Crippen molar-refractivity contribution < 1.29 is 22.6 Å². The molecule has 1 N–H and O–H groups in total. The number of benzene rings is 2. The first-order valence-corrected chi connectivity index (χ1v) is 10.6. The van der Waals surface area contributed by atoms with Crippen LogP contribution in [0.25, 0.3) is 16.9 Å². The van der Waals surface area contributed by atoms with Gasteiger partial charge in [-0.1, -0.05) is 29.8 Å². The van der Waals surface area contributed by atoms with Crippen molar-refractivity contribution in [2.24, 2.45) is 5.10 Å². The maximum Gasteiger partial charge on any atom is 0.417 e. The van der Waals surface area contributed by atoms with Crippen LogP contribution < -0.4 is 14.9 Å². The minimum absolute atomic E-state index is 0.0148. The normalized spacial score (nSPS) is 11.6. The number of methoxy groups -OCH3 is 2. The van der Waals surface area contributed by atoms with Crippen LogP contribution in [-0.4, -0.2) is 35.2 Å². The Kier molecular flexibility index (Phi) is 6.92. The molecular weight excluding hydrogens is 483 g/mol. The molecule has 0 aliphatic rings. The summed E-state index contributed by atoms with van der Waals surface area (Å²) in [5.41, 5.74) is 4.42. The van der Waals surface area contributed by atoms with Crippen LogP contribution >= 0.6 is 11.6 Å². The minimum atomic E-state index is -4.54. The summed E-state index contributed by atoms with van der Waals surface area (Å²) in [5.74, 6) is 1.08. The van der Waals surface area contributed by atoms with E-state index in [0.717, 1.165) is 17.3 Å². The summed E-state index contributed by atoms with van der Waals surface area (Å²) in [6, 6.07) is 15.6. The molecule has 0 bridgehead atoms. The number of aromatic nitrogens is 3. The van der Waals surface area contributed by atoms with Crippen LogP contribution in [0.4, 0.5) is 19.0 Å². The van der Waals surface area contributed by atoms with Gasteiger partial charge in [-0.3, -0.25) is 5.43 Å². The van der Waals surface area contributed by atoms with E-state index in [4.69, 9.17) is 26.2 Å². The number of nitrogens with zero attached hydrogens (tertiary/aromatic N) is 4. The number of hydrogen-bond acceptors (Lipinski definition) is 6. The van der Waals surface area contributed by atoms with E-state index in [2.05, 4.69) is 15.5 Å². The molecule has 11 heteroatoms. The number of ether oxygens (including phenoxy) is 2. The molecule has 0 aliphatic heterocycles. The monoisotopic (exact) mass is 501 g/mol. The lowest BCUT2D eigenvalue weighted by Crippen LogP contribution is -2.06. The van der Waals surface area contributed by atoms with Crippen molar-refractivity contribution in [3.05, 3.63) is 83.1 Å². The lowest BCUT2D eigenvalue weighted by Gasteiger charge is -2.09. The summed E-state index contributed by atoms with van der Waals surface area (Å²) in [6.07, 6.45) is -0.604. The van der Waals surface area contributed by atoms with Gasteiger partial charge in [0.2, 0.25) is 0 Å². The van der Waals surface area contributed by atoms with Gasteiger partial charge in [0, 0.05) is 23.5 Å². The quantitative estimate of drug-likeness (QED) is 0.246. The third-order valence-electron chi connectivity index (χ3n) is 4.96. The fraction of sp³-hybridized carbons (Fsp3) is 0.125. The number of hydrazone groups is 1. The number of alkyl halides is 3. The highest BCUT2D eigenvalue weighted by Gasteiger charge is 2.31. The zero-order valence-electron chi connectivity index (χ0n) is 18.5. The zero-order valence-corrected chi connectivity index (χ0v) is 19.3. The molecule has 0 saturated heterocycles. The summed E-state index contributed by atoms with van der Waals surface area (Å²) >= 11 is 5.95. The largest absolute Gasteiger partial charge is 0.493 e. The van der Waals surface area contributed by atoms with Crippen molar-refractivity contribution in [1.29, 1.82) is 0 Å². The van der Waals surface area contributed by atoms with Gasteiger partial charge in [-0.25, -0.2) is 9.67 Å². The van der Waals surface area contributed by atoms with Crippen LogP contribution in [0.3, 0.4) is 0 Å². The van der Waals surface area contributed by atoms with E-state index < -0.39 is 11.7 Å². The number of nitrogens with one attached hydrogen (secondary N) is 1. The molecule has 0 fully saturated rings. The van der Waals surface area contributed by atoms with Gasteiger partial charge in [-0.2, -0.15) is 23.4 Å². The Morgan fingerprint density at radius 2 is 1.77 bits per heavy atom. The Hall–Kier alpha value is -4.05. The molecule has 4 aromatic rings. The highest BCUT2D eigenvalue weighted by atomic mass is 35.5. The Bertz CT molecular complexity index is 1360. The van der Waals surface area contributed by atoms with Crippen LogP contribution in [0.15, 0.2) is 72.1 Å². The van der Waals surface area contributed by atoms with Gasteiger partial charge in [-0.05, 0) is 36.4 Å². The third-order valence-corrected chi connectivity index (χ3v) is 5.25. The summed E-state index contributed by atoms with van der Waals surface area (Å²) in [6.45, 7) is 0. The Labute approximate surface area is 203 Å². The predicted molar refractivity (Wildman–Crippen MR) is 128 cm³/mol. The average molecular weight is 502 g/mol. The minimum Gasteiger partial charge on any atom is -0.493 e. The lowest BCUT2D eigenvalue weighted by atomic mass is 10.1. The smallest absolute Gasteiger partial charge is 0.417 e. The number of hydrogen-bond donors (Lipinski definition) is 1. The number of para-hydroxylation sites is 1. The van der Waals surface area contributed by atoms with Crippen molar-refractivity contribution in [1.82, 2.24) is 14.8 Å². The molecule has 0 unspecified atom stereocenters. The third kappa shape index (κ3) is 5.38. The molecule has 0 amide bonds. The van der Waals surface area contributed by atoms with E-state index in [1.54, 1.807) is 30.1 Å². The van der Waals surface area contributed by atoms with Crippen molar-refractivity contribution in [2.75, 3.05) is 19.6 Å². The van der Waals surface area contributed by atoms with E-state index in [1.165, 1.54) is 13.3 Å². The standard InChI is InChI=1S/C24H19ClF3N5O2/c1-34-20-9-8-15(10-21(20)35-2)22-16(14-33(32-22)18-6-4-3-5-7-18)12-30-31-23-19(25)11-17(13-29-23)24(26,27)28/h3-14H,1-2H3,(H,29,31). The SMILES string of the molecule is COc1ccc(-c2nn(-c3ccccc3)cc2C=NNc2ncc(C(F)(F)F)cc2Cl)cc1OC. The van der Waals surface area contributed by atoms with E-state index in [9.17, 15) is 13.2 Å². The second-order valence-corrected chi connectivity index (χ2v) is 7.61. The molecule has 0 spiro atoms. The topological polar surface area (TPSA) is 73.6 Å². The van der Waals surface area contributed by atoms with Crippen LogP contribution in [0.2, 0.25) is 5.02 Å². The molecule has 4 rings (SSSR count). The van der Waals surface area contributed by atoms with Crippen molar-refractivity contribution in [3.8, 4) is 28.4 Å². The summed E-state index contributed by atoms with van der Waals surface area (Å²) in [4.78, 5) is 3.72. The number of rotatable bonds is 7. The number of anilines is 1. The zero-order chi connectivity index (χ0) is 25.0. The van der Waals surface area contributed by atoms with Gasteiger partial charge in [0.15, 0.2) is 17.3 Å². The van der Waals surface area contributed by atoms with E-state index in [1.807, 2.05) is 36.4 Å². The first-order chi connectivity index (χ1) is 16.8. The molecule has 35 heavy (non-hydrogen) atoms. The van der Waals surface area contributed by atoms with Gasteiger partial charge >= 0.3 is 6.18 Å². The highest BCUT2D eigenvalue weighted by molar-refractivity contribution is 6.33. The summed E-state index contributed by atoms with van der Waals surface area (Å²) in [5, 5.41) is 8.61. The van der Waals surface area contributed by atoms with E-state index in [0.29, 0.717) is 29.0 Å². The maximum absolute atomic E-state index is 12.8. The fourth-order valence-electron chi connectivity index (χ4n) is 3.24. The Morgan fingerprint density at radius 3 is 2.43 bits per heavy atom. The fourth-order valence-corrected chi connectivity index (χ4v) is 3.45. The first kappa shape index (κ1) is 24.1. The molecular formula is C24H19ClF3N5O2. The van der Waals surface area contributed by atoms with Crippen LogP contribution in [0.1, 0.15) is 11.1 Å². The number of pyridine rings is 1. The molecule has 7 nitrogen and oxygen atoms in total. The lowest BCUT2D eigenvalue weighted by molar-refractivity contribution is -0.137. The maximum atomic E-state index is 12.8. The number of halogens is 4. The van der Waals surface area contributed by atoms with Crippen molar-refractivity contribution >= 4 is 23.6 Å². The van der Waals surface area contributed by atoms with Gasteiger partial charge in [0.1, 0.15) is 5.69 Å². The Balaban J connectivity index is 1.69. The first-order valence-electron chi connectivity index (χ1n) is 10.2. The van der Waals surface area contributed by atoms with Crippen molar-refractivity contribution in [3.63, 3.8) is 0 Å². The second-order valence-electron chi connectivity index (χ2n) is 7.21. The second kappa shape index (κ2) is 10.1. The van der Waals surface area contributed by atoms with Crippen LogP contribution in [0.5, 0.6) is 11.5 Å². The molecule has 2 aromatic heterocycles. The summed E-state index contributed by atoms with van der Waals surface area (Å²) in [7, 11) is 3.09. The van der Waals surface area contributed by atoms with Crippen LogP contribution in [0, 0.1) is 0 Å². The van der Waals surface area contributed by atoms with E-state index in [-0.39, 0.29) is 10.8 Å². The van der Waals surface area contributed by atoms with E-state index >= 15 is 0 Å². The highest BCUT2D eigenvalue weighted by Crippen LogP contribution is 2.34. The molecule has 0 aliphatic carbocycles. The van der Waals surface area contributed by atoms with Gasteiger partial charge in [-0.15, -0.1) is 0 Å². The average Bonchev–Trinajstić information content (AvgIpc) is 3.28. The molecule has 2 aromatic carbocycles. The Morgan fingerprint density at radius 1 is 1.03 bits per heavy atom. The van der Waals surface area contributed by atoms with Crippen molar-refractivity contribution in [2.45, 2.75) is 6.18 Å². The van der Waals surface area contributed by atoms with Gasteiger partial charge < -0.3 is 9.47 Å². The van der Waals surface area contributed by atoms with Crippen LogP contribution in [-0.2, 0) is 6.18 Å². The summed E-state index contributed by atoms with van der Waals surface area (Å²) < 4.78 is 51.0. The molecule has 0 radical (unpaired) electrons. The predicted octanol–water partition coefficient (Wildman–Crippen LogP) is 6.07.